The van der Waals surface area contributed by atoms with E-state index in [1.54, 1.807) is 0 Å². The highest BCUT2D eigenvalue weighted by molar-refractivity contribution is 14.1. The van der Waals surface area contributed by atoms with Crippen molar-refractivity contribution in [1.82, 2.24) is 0 Å². The molecule has 47 heavy (non-hydrogen) atoms. The molecule has 0 bridgehead atoms. The molecule has 4 aromatic rings. The molecule has 0 aliphatic heterocycles. The number of hydrogen-bond acceptors (Lipinski definition) is 0. The second-order valence-electron chi connectivity index (χ2n) is 17.8. The van der Waals surface area contributed by atoms with Crippen molar-refractivity contribution in [2.45, 2.75) is 110 Å². The summed E-state index contributed by atoms with van der Waals surface area (Å²) in [7, 11) is 0. The summed E-state index contributed by atoms with van der Waals surface area (Å²) in [6.07, 6.45) is 0. The Morgan fingerprint density at radius 2 is 0.660 bits per heavy atom. The molecule has 0 heterocycles. The van der Waals surface area contributed by atoms with Crippen LogP contribution in [0, 0.1) is 0 Å². The first-order valence-corrected chi connectivity index (χ1v) is 19.2. The maximum atomic E-state index is 2.74. The fourth-order valence-corrected chi connectivity index (χ4v) is 10.7. The van der Waals surface area contributed by atoms with Crippen molar-refractivity contribution in [3.63, 3.8) is 0 Å². The summed E-state index contributed by atoms with van der Waals surface area (Å²) in [6, 6.07) is 33.5. The average Bonchev–Trinajstić information content (AvgIpc) is 3.39. The van der Waals surface area contributed by atoms with Crippen molar-refractivity contribution in [2.75, 3.05) is 0 Å². The number of hydrogen-bond donors (Lipinski definition) is 0. The lowest BCUT2D eigenvalue weighted by atomic mass is 9.74. The number of fused-ring (bicyclic) bond motifs is 4. The smallest absolute Gasteiger partial charge is 0.0579 e. The Hall–Kier alpha value is -2.18. The van der Waals surface area contributed by atoms with E-state index in [4.69, 9.17) is 0 Å². The summed E-state index contributed by atoms with van der Waals surface area (Å²) in [4.78, 5) is 0. The third-order valence-electron chi connectivity index (χ3n) is 10.3. The zero-order valence-corrected chi connectivity index (χ0v) is 34.7. The maximum absolute atomic E-state index is 2.74. The van der Waals surface area contributed by atoms with Crippen LogP contribution in [0.15, 0.2) is 92.1 Å². The van der Waals surface area contributed by atoms with E-state index in [0.717, 1.165) is 0 Å². The molecule has 6 rings (SSSR count). The Bertz CT molecular complexity index is 1790. The van der Waals surface area contributed by atoms with Crippen LogP contribution < -0.4 is 0 Å². The van der Waals surface area contributed by atoms with Crippen LogP contribution in [0.2, 0.25) is 0 Å². The van der Waals surface area contributed by atoms with Crippen LogP contribution in [0.4, 0.5) is 0 Å². The van der Waals surface area contributed by atoms with Gasteiger partial charge in [0.2, 0.25) is 0 Å². The third kappa shape index (κ3) is 5.71. The predicted molar refractivity (Wildman–Crippen MR) is 221 cm³/mol. The molecule has 2 aliphatic rings. The lowest BCUT2D eigenvalue weighted by Crippen LogP contribution is -2.26. The normalized spacial score (nSPS) is 16.3. The number of benzene rings is 4. The van der Waals surface area contributed by atoms with Crippen molar-refractivity contribution < 1.29 is 0 Å². The second-order valence-corrected chi connectivity index (χ2v) is 20.0. The molecule has 1 spiro atoms. The Kier molecular flexibility index (Phi) is 8.44. The van der Waals surface area contributed by atoms with Gasteiger partial charge in [-0.05, 0) is 122 Å². The van der Waals surface area contributed by atoms with Gasteiger partial charge < -0.3 is 0 Å². The molecule has 0 nitrogen and oxygen atoms in total. The Morgan fingerprint density at radius 1 is 0.383 bits per heavy atom. The molecule has 0 atom stereocenters. The molecule has 244 valence electrons. The highest BCUT2D eigenvalue weighted by atomic mass is 127. The molecule has 2 aliphatic carbocycles. The van der Waals surface area contributed by atoms with Crippen LogP contribution in [0.5, 0.6) is 0 Å². The molecule has 0 N–H and O–H groups in total. The predicted octanol–water partition coefficient (Wildman–Crippen LogP) is 13.6. The summed E-state index contributed by atoms with van der Waals surface area (Å²) < 4.78 is 2.80. The van der Waals surface area contributed by atoms with Crippen LogP contribution in [-0.2, 0) is 27.1 Å². The molecular weight excluding hydrogens is 794 g/mol. The topological polar surface area (TPSA) is 0 Å². The quantitative estimate of drug-likeness (QED) is 0.176. The van der Waals surface area contributed by atoms with Crippen molar-refractivity contribution in [3.8, 4) is 0 Å². The van der Waals surface area contributed by atoms with Gasteiger partial charge in [-0.15, -0.1) is 0 Å². The van der Waals surface area contributed by atoms with Crippen LogP contribution in [-0.4, -0.2) is 0 Å². The van der Waals surface area contributed by atoms with Gasteiger partial charge in [-0.25, -0.2) is 0 Å². The first-order chi connectivity index (χ1) is 21.7. The third-order valence-corrected chi connectivity index (χ3v) is 13.0. The van der Waals surface area contributed by atoms with Crippen LogP contribution in [0.1, 0.15) is 139 Å². The fraction of sp³-hybridized carbons (Fsp3) is 0.378. The number of allylic oxidation sites excluding steroid dienone is 2. The van der Waals surface area contributed by atoms with Gasteiger partial charge in [0.1, 0.15) is 0 Å². The van der Waals surface area contributed by atoms with Crippen molar-refractivity contribution in [2.24, 2.45) is 0 Å². The Labute approximate surface area is 311 Å². The summed E-state index contributed by atoms with van der Waals surface area (Å²) in [5, 5.41) is 0. The molecule has 0 saturated carbocycles. The molecule has 4 aromatic carbocycles. The van der Waals surface area contributed by atoms with E-state index >= 15 is 0 Å². The van der Waals surface area contributed by atoms with Gasteiger partial charge >= 0.3 is 0 Å². The van der Waals surface area contributed by atoms with Gasteiger partial charge in [0, 0.05) is 18.3 Å². The maximum Gasteiger partial charge on any atom is 0.0840 e. The minimum absolute atomic E-state index is 0.0359. The highest BCUT2D eigenvalue weighted by Crippen LogP contribution is 2.66. The summed E-state index contributed by atoms with van der Waals surface area (Å²) >= 11 is 5.47. The fourth-order valence-electron chi connectivity index (χ4n) is 7.24. The molecule has 0 amide bonds. The highest BCUT2D eigenvalue weighted by Gasteiger charge is 2.54. The van der Waals surface area contributed by atoms with E-state index in [1.807, 2.05) is 0 Å². The molecule has 0 fully saturated rings. The number of rotatable bonds is 2. The first kappa shape index (κ1) is 34.7. The van der Waals surface area contributed by atoms with E-state index < -0.39 is 0 Å². The van der Waals surface area contributed by atoms with Gasteiger partial charge in [0.15, 0.2) is 0 Å². The molecule has 2 heteroatoms. The SMILES string of the molecule is CC(C)(C)c1ccc(C2=C(I)C3(C(I)=C(c4ccc(C(C)(C)C)cc4)c4ccc(C(C)(C)C)cc43)c3cc(C(C)(C)C)ccc32)cc1. The summed E-state index contributed by atoms with van der Waals surface area (Å²) in [5.41, 5.74) is 16.3. The molecule has 0 saturated heterocycles. The molecule has 0 unspecified atom stereocenters. The first-order valence-electron chi connectivity index (χ1n) is 17.0. The minimum atomic E-state index is -0.371. The van der Waals surface area contributed by atoms with E-state index in [9.17, 15) is 0 Å². The van der Waals surface area contributed by atoms with Crippen LogP contribution in [0.3, 0.4) is 0 Å². The van der Waals surface area contributed by atoms with E-state index in [1.165, 1.54) is 73.9 Å². The van der Waals surface area contributed by atoms with Crippen molar-refractivity contribution in [3.05, 3.63) is 148 Å². The molecule has 0 aromatic heterocycles. The minimum Gasteiger partial charge on any atom is -0.0579 e. The van der Waals surface area contributed by atoms with Gasteiger partial charge in [0.05, 0.1) is 5.41 Å². The second kappa shape index (κ2) is 11.4. The largest absolute Gasteiger partial charge is 0.0840 e. The summed E-state index contributed by atoms with van der Waals surface area (Å²) in [5.74, 6) is 0. The lowest BCUT2D eigenvalue weighted by Gasteiger charge is -2.32. The van der Waals surface area contributed by atoms with E-state index in [-0.39, 0.29) is 27.1 Å². The number of halogens is 2. The van der Waals surface area contributed by atoms with Gasteiger partial charge in [0.25, 0.3) is 0 Å². The van der Waals surface area contributed by atoms with Crippen LogP contribution in [0.25, 0.3) is 11.1 Å². The molecule has 0 radical (unpaired) electrons. The zero-order valence-electron chi connectivity index (χ0n) is 30.3. The van der Waals surface area contributed by atoms with E-state index in [2.05, 4.69) is 213 Å². The zero-order chi connectivity index (χ0) is 34.5. The van der Waals surface area contributed by atoms with Crippen LogP contribution >= 0.6 is 45.2 Å². The van der Waals surface area contributed by atoms with Gasteiger partial charge in [-0.1, -0.05) is 168 Å². The van der Waals surface area contributed by atoms with Gasteiger partial charge in [-0.3, -0.25) is 0 Å². The van der Waals surface area contributed by atoms with E-state index in [0.29, 0.717) is 0 Å². The Balaban J connectivity index is 1.72. The monoisotopic (exact) mass is 844 g/mol. The van der Waals surface area contributed by atoms with Gasteiger partial charge in [-0.2, -0.15) is 0 Å². The lowest BCUT2D eigenvalue weighted by molar-refractivity contribution is 0.586. The average molecular weight is 845 g/mol. The Morgan fingerprint density at radius 3 is 0.936 bits per heavy atom. The summed E-state index contributed by atoms with van der Waals surface area (Å²) in [6.45, 7) is 27.8. The van der Waals surface area contributed by atoms with Crippen molar-refractivity contribution >= 4 is 56.3 Å². The standard InChI is InChI=1S/C45H50I2/c1-41(2,3)29-17-13-27(14-18-29)37-33-23-21-31(43(7,8)9)25-35(33)45(39(37)46)36-26-32(44(10,11)12)22-24-34(36)38(40(45)47)28-15-19-30(20-16-28)42(4,5)6/h13-26H,1-12H3. The van der Waals surface area contributed by atoms with Crippen molar-refractivity contribution in [1.29, 1.82) is 0 Å². The molecular formula is C45H50I2.